The molecule has 130 valence electrons. The van der Waals surface area contributed by atoms with E-state index in [2.05, 4.69) is 4.99 Å². The van der Waals surface area contributed by atoms with Gasteiger partial charge in [-0.3, -0.25) is 0 Å². The highest BCUT2D eigenvalue weighted by Crippen LogP contribution is 2.44. The molecule has 1 aromatic rings. The van der Waals surface area contributed by atoms with Crippen molar-refractivity contribution in [3.8, 4) is 5.75 Å². The second-order valence-corrected chi connectivity index (χ2v) is 5.17. The van der Waals surface area contributed by atoms with Crippen LogP contribution < -0.4 is 4.74 Å². The number of aliphatic hydroxyl groups excluding tert-OH is 1. The van der Waals surface area contributed by atoms with E-state index in [1.54, 1.807) is 25.2 Å². The molecule has 0 aliphatic rings. The van der Waals surface area contributed by atoms with Crippen molar-refractivity contribution in [1.82, 2.24) is 4.90 Å². The zero-order valence-corrected chi connectivity index (χ0v) is 13.5. The van der Waals surface area contributed by atoms with Gasteiger partial charge in [0.1, 0.15) is 5.75 Å². The molecular weight excluding hydrogens is 313 g/mol. The Kier molecular flexibility index (Phi) is 6.01. The summed E-state index contributed by atoms with van der Waals surface area (Å²) < 4.78 is 44.4. The lowest BCUT2D eigenvalue weighted by Gasteiger charge is -2.30. The molecule has 0 fully saturated rings. The quantitative estimate of drug-likeness (QED) is 0.619. The predicted molar refractivity (Wildman–Crippen MR) is 81.2 cm³/mol. The molecule has 0 saturated heterocycles. The molecule has 23 heavy (non-hydrogen) atoms. The number of rotatable bonds is 6. The van der Waals surface area contributed by atoms with Gasteiger partial charge in [0.25, 0.3) is 0 Å². The molecule has 0 heterocycles. The van der Waals surface area contributed by atoms with Crippen molar-refractivity contribution in [2.45, 2.75) is 25.6 Å². The first-order valence-corrected chi connectivity index (χ1v) is 6.94. The standard InChI is InChI=1S/C15H21F3N2O3/c1-5-20(3)9-19-12-7-13(23-4)11(6-10(12)2)14(22,8-21)15(16,17)18/h6-7,9,21-22H,5,8H2,1-4H3. The smallest absolute Gasteiger partial charge is 0.423 e. The lowest BCUT2D eigenvalue weighted by Crippen LogP contribution is -2.45. The number of ether oxygens (including phenoxy) is 1. The number of aliphatic hydroxyl groups is 2. The van der Waals surface area contributed by atoms with Gasteiger partial charge in [-0.2, -0.15) is 13.2 Å². The SMILES string of the molecule is CCN(C)C=Nc1cc(OC)c(C(O)(CO)C(F)(F)F)cc1C. The number of nitrogens with zero attached hydrogens (tertiary/aromatic N) is 2. The molecule has 0 radical (unpaired) electrons. The van der Waals surface area contributed by atoms with Crippen molar-refractivity contribution < 1.29 is 28.1 Å². The van der Waals surface area contributed by atoms with E-state index >= 15 is 0 Å². The molecule has 1 rings (SSSR count). The number of benzene rings is 1. The molecule has 0 bridgehead atoms. The molecule has 2 N–H and O–H groups in total. The Morgan fingerprint density at radius 1 is 1.35 bits per heavy atom. The monoisotopic (exact) mass is 334 g/mol. The molecule has 0 spiro atoms. The third-order valence-corrected chi connectivity index (χ3v) is 3.55. The fourth-order valence-corrected chi connectivity index (χ4v) is 1.88. The Balaban J connectivity index is 3.43. The normalized spacial score (nSPS) is 14.8. The Morgan fingerprint density at radius 2 is 1.96 bits per heavy atom. The van der Waals surface area contributed by atoms with E-state index in [4.69, 9.17) is 9.84 Å². The molecule has 0 aliphatic heterocycles. The summed E-state index contributed by atoms with van der Waals surface area (Å²) in [7, 11) is 2.99. The number of halogens is 3. The highest BCUT2D eigenvalue weighted by molar-refractivity contribution is 5.65. The Hall–Kier alpha value is -1.80. The van der Waals surface area contributed by atoms with Crippen molar-refractivity contribution in [3.05, 3.63) is 23.3 Å². The van der Waals surface area contributed by atoms with Crippen molar-refractivity contribution in [1.29, 1.82) is 0 Å². The van der Waals surface area contributed by atoms with E-state index in [-0.39, 0.29) is 5.75 Å². The van der Waals surface area contributed by atoms with E-state index in [1.165, 1.54) is 13.2 Å². The number of methoxy groups -OCH3 is 1. The Labute approximate surface area is 133 Å². The zero-order chi connectivity index (χ0) is 17.8. The van der Waals surface area contributed by atoms with Crippen LogP contribution in [-0.4, -0.2) is 54.9 Å². The predicted octanol–water partition coefficient (Wildman–Crippen LogP) is 2.36. The third kappa shape index (κ3) is 3.94. The van der Waals surface area contributed by atoms with Crippen LogP contribution in [0.4, 0.5) is 18.9 Å². The molecule has 0 amide bonds. The minimum Gasteiger partial charge on any atom is -0.496 e. The molecule has 5 nitrogen and oxygen atoms in total. The molecule has 0 aromatic heterocycles. The van der Waals surface area contributed by atoms with E-state index in [9.17, 15) is 18.3 Å². The van der Waals surface area contributed by atoms with Gasteiger partial charge >= 0.3 is 6.18 Å². The fourth-order valence-electron chi connectivity index (χ4n) is 1.88. The maximum Gasteiger partial charge on any atom is 0.423 e. The van der Waals surface area contributed by atoms with Gasteiger partial charge in [0.2, 0.25) is 5.60 Å². The third-order valence-electron chi connectivity index (χ3n) is 3.55. The molecule has 1 aromatic carbocycles. The van der Waals surface area contributed by atoms with Crippen LogP contribution in [0.2, 0.25) is 0 Å². The average molecular weight is 334 g/mol. The summed E-state index contributed by atoms with van der Waals surface area (Å²) in [6, 6.07) is 2.43. The van der Waals surface area contributed by atoms with Gasteiger partial charge in [-0.05, 0) is 25.5 Å². The fraction of sp³-hybridized carbons (Fsp3) is 0.533. The first kappa shape index (κ1) is 19.2. The number of hydrogen-bond donors (Lipinski definition) is 2. The summed E-state index contributed by atoms with van der Waals surface area (Å²) in [5.74, 6) is -0.198. The number of aliphatic imine (C=N–C) groups is 1. The molecule has 8 heteroatoms. The van der Waals surface area contributed by atoms with Gasteiger partial charge in [-0.1, -0.05) is 0 Å². The summed E-state index contributed by atoms with van der Waals surface area (Å²) >= 11 is 0. The van der Waals surface area contributed by atoms with Gasteiger partial charge in [-0.15, -0.1) is 0 Å². The van der Waals surface area contributed by atoms with Crippen LogP contribution in [-0.2, 0) is 5.60 Å². The van der Waals surface area contributed by atoms with Crippen molar-refractivity contribution in [3.63, 3.8) is 0 Å². The van der Waals surface area contributed by atoms with E-state index in [0.717, 1.165) is 12.6 Å². The number of hydrogen-bond acceptors (Lipinski definition) is 4. The van der Waals surface area contributed by atoms with Gasteiger partial charge < -0.3 is 19.8 Å². The van der Waals surface area contributed by atoms with Crippen LogP contribution in [0, 0.1) is 6.92 Å². The number of aryl methyl sites for hydroxylation is 1. The van der Waals surface area contributed by atoms with Gasteiger partial charge in [0.05, 0.1) is 25.7 Å². The first-order chi connectivity index (χ1) is 10.6. The van der Waals surface area contributed by atoms with Crippen LogP contribution in [0.5, 0.6) is 5.75 Å². The molecule has 1 atom stereocenters. The van der Waals surface area contributed by atoms with Crippen molar-refractivity contribution in [2.75, 3.05) is 27.3 Å². The number of alkyl halides is 3. The average Bonchev–Trinajstić information content (AvgIpc) is 2.50. The maximum absolute atomic E-state index is 13.1. The van der Waals surface area contributed by atoms with Crippen LogP contribution >= 0.6 is 0 Å². The maximum atomic E-state index is 13.1. The highest BCUT2D eigenvalue weighted by atomic mass is 19.4. The molecule has 0 aliphatic carbocycles. The van der Waals surface area contributed by atoms with Crippen molar-refractivity contribution in [2.24, 2.45) is 4.99 Å². The topological polar surface area (TPSA) is 65.3 Å². The molecular formula is C15H21F3N2O3. The summed E-state index contributed by atoms with van der Waals surface area (Å²) in [6.45, 7) is 2.70. The lowest BCUT2D eigenvalue weighted by molar-refractivity contribution is -0.278. The van der Waals surface area contributed by atoms with E-state index < -0.39 is 23.9 Å². The van der Waals surface area contributed by atoms with Gasteiger partial charge in [0.15, 0.2) is 0 Å². The second-order valence-electron chi connectivity index (χ2n) is 5.17. The van der Waals surface area contributed by atoms with Crippen LogP contribution in [0.3, 0.4) is 0 Å². The minimum absolute atomic E-state index is 0.198. The lowest BCUT2D eigenvalue weighted by atomic mass is 9.91. The Bertz CT molecular complexity index is 576. The van der Waals surface area contributed by atoms with E-state index in [0.29, 0.717) is 11.3 Å². The summed E-state index contributed by atoms with van der Waals surface area (Å²) in [5, 5.41) is 19.0. The summed E-state index contributed by atoms with van der Waals surface area (Å²) in [4.78, 5) is 5.98. The zero-order valence-electron chi connectivity index (χ0n) is 13.5. The summed E-state index contributed by atoms with van der Waals surface area (Å²) in [5.41, 5.74) is -3.12. The van der Waals surface area contributed by atoms with Crippen molar-refractivity contribution >= 4 is 12.0 Å². The van der Waals surface area contributed by atoms with Crippen LogP contribution in [0.25, 0.3) is 0 Å². The second kappa shape index (κ2) is 7.18. The van der Waals surface area contributed by atoms with Gasteiger partial charge in [0, 0.05) is 25.2 Å². The van der Waals surface area contributed by atoms with Crippen LogP contribution in [0.1, 0.15) is 18.1 Å². The highest BCUT2D eigenvalue weighted by Gasteiger charge is 2.56. The largest absolute Gasteiger partial charge is 0.496 e. The summed E-state index contributed by atoms with van der Waals surface area (Å²) in [6.07, 6.45) is -3.50. The van der Waals surface area contributed by atoms with E-state index in [1.807, 2.05) is 6.92 Å². The Morgan fingerprint density at radius 3 is 2.39 bits per heavy atom. The first-order valence-electron chi connectivity index (χ1n) is 6.94. The van der Waals surface area contributed by atoms with Gasteiger partial charge in [-0.25, -0.2) is 4.99 Å². The minimum atomic E-state index is -5.05. The molecule has 0 saturated carbocycles. The van der Waals surface area contributed by atoms with Crippen LogP contribution in [0.15, 0.2) is 17.1 Å². The molecule has 1 unspecified atom stereocenters.